The number of β-amino-alcohol motifs (C(OH)–C–C–N with tert-alkyl or cyclic N) is 1. The summed E-state index contributed by atoms with van der Waals surface area (Å²) < 4.78 is 5.64. The fourth-order valence-electron chi connectivity index (χ4n) is 4.60. The predicted molar refractivity (Wildman–Crippen MR) is 128 cm³/mol. The van der Waals surface area contributed by atoms with Crippen LogP contribution in [-0.2, 0) is 6.54 Å². The van der Waals surface area contributed by atoms with Crippen molar-refractivity contribution in [3.05, 3.63) is 48.2 Å². The molecule has 0 unspecified atom stereocenters. The molecule has 8 heteroatoms. The molecule has 1 atom stereocenters. The Bertz CT molecular complexity index is 858. The maximum atomic E-state index is 12.9. The quantitative estimate of drug-likeness (QED) is 0.622. The molecule has 1 amide bonds. The van der Waals surface area contributed by atoms with E-state index in [1.165, 1.54) is 12.0 Å². The summed E-state index contributed by atoms with van der Waals surface area (Å²) in [6.07, 6.45) is 4.35. The van der Waals surface area contributed by atoms with Crippen molar-refractivity contribution < 1.29 is 14.3 Å². The topological polar surface area (TPSA) is 76.3 Å². The summed E-state index contributed by atoms with van der Waals surface area (Å²) in [5, 5.41) is 10.1. The zero-order valence-corrected chi connectivity index (χ0v) is 19.7. The molecule has 2 aromatic rings. The Morgan fingerprint density at radius 2 is 1.73 bits per heavy atom. The van der Waals surface area contributed by atoms with Crippen molar-refractivity contribution in [2.45, 2.75) is 38.8 Å². The average molecular weight is 456 g/mol. The second-order valence-electron chi connectivity index (χ2n) is 9.11. The molecule has 0 bridgehead atoms. The molecule has 4 rings (SSSR count). The number of nitrogens with zero attached hydrogens (tertiary/aromatic N) is 5. The van der Waals surface area contributed by atoms with E-state index in [1.807, 2.05) is 23.1 Å². The van der Waals surface area contributed by atoms with Crippen molar-refractivity contribution in [2.24, 2.45) is 0 Å². The fourth-order valence-corrected chi connectivity index (χ4v) is 4.60. The molecule has 3 heterocycles. The van der Waals surface area contributed by atoms with Crippen LogP contribution in [0.3, 0.4) is 0 Å². The Morgan fingerprint density at radius 3 is 2.42 bits per heavy atom. The van der Waals surface area contributed by atoms with Crippen molar-refractivity contribution >= 4 is 11.6 Å². The van der Waals surface area contributed by atoms with Crippen molar-refractivity contribution in [2.75, 3.05) is 63.8 Å². The summed E-state index contributed by atoms with van der Waals surface area (Å²) in [5.74, 6) is 0.543. The molecule has 180 valence electrons. The number of piperazine rings is 2. The number of aliphatic hydroxyl groups is 1. The largest absolute Gasteiger partial charge is 0.447 e. The first-order valence-electron chi connectivity index (χ1n) is 12.3. The first-order chi connectivity index (χ1) is 16.1. The lowest BCUT2D eigenvalue weighted by molar-refractivity contribution is 0.0627. The maximum absolute atomic E-state index is 12.9. The first kappa shape index (κ1) is 23.7. The minimum Gasteiger partial charge on any atom is -0.447 e. The highest BCUT2D eigenvalue weighted by molar-refractivity contribution is 5.92. The number of carbonyl (C=O) groups is 1. The van der Waals surface area contributed by atoms with Gasteiger partial charge in [-0.1, -0.05) is 38.0 Å². The van der Waals surface area contributed by atoms with Crippen LogP contribution in [0.25, 0.3) is 0 Å². The number of para-hydroxylation sites is 1. The molecule has 0 aliphatic carbocycles. The number of amides is 1. The zero-order chi connectivity index (χ0) is 23.0. The van der Waals surface area contributed by atoms with Gasteiger partial charge in [-0.25, -0.2) is 4.98 Å². The molecular weight excluding hydrogens is 418 g/mol. The van der Waals surface area contributed by atoms with Crippen molar-refractivity contribution in [3.8, 4) is 0 Å². The van der Waals surface area contributed by atoms with Crippen molar-refractivity contribution in [1.29, 1.82) is 0 Å². The van der Waals surface area contributed by atoms with Gasteiger partial charge in [-0.15, -0.1) is 0 Å². The number of unbranched alkanes of at least 4 members (excludes halogenated alkanes) is 1. The Labute approximate surface area is 196 Å². The van der Waals surface area contributed by atoms with Crippen LogP contribution in [0.2, 0.25) is 0 Å². The van der Waals surface area contributed by atoms with Crippen LogP contribution in [0.4, 0.5) is 5.69 Å². The van der Waals surface area contributed by atoms with E-state index in [4.69, 9.17) is 4.42 Å². The van der Waals surface area contributed by atoms with Crippen LogP contribution in [0.5, 0.6) is 0 Å². The highest BCUT2D eigenvalue weighted by Crippen LogP contribution is 2.17. The van der Waals surface area contributed by atoms with Gasteiger partial charge in [-0.2, -0.15) is 0 Å². The summed E-state index contributed by atoms with van der Waals surface area (Å²) in [6, 6.07) is 10.3. The number of anilines is 1. The molecule has 0 spiro atoms. The SMILES string of the molecule is CCCC[C@@H](O)CN1CCN(Cc2nc(C(=O)N3CCN(c4ccccc4)CC3)co2)CC1. The van der Waals surface area contributed by atoms with E-state index in [2.05, 4.69) is 38.7 Å². The maximum Gasteiger partial charge on any atom is 0.275 e. The van der Waals surface area contributed by atoms with Gasteiger partial charge in [0, 0.05) is 64.6 Å². The molecule has 33 heavy (non-hydrogen) atoms. The Hall–Kier alpha value is -2.42. The lowest BCUT2D eigenvalue weighted by atomic mass is 10.1. The summed E-state index contributed by atoms with van der Waals surface area (Å²) >= 11 is 0. The molecule has 2 saturated heterocycles. The molecule has 2 aliphatic heterocycles. The van der Waals surface area contributed by atoms with Gasteiger partial charge in [0.2, 0.25) is 5.89 Å². The number of benzene rings is 1. The van der Waals surface area contributed by atoms with Crippen molar-refractivity contribution in [1.82, 2.24) is 19.7 Å². The highest BCUT2D eigenvalue weighted by atomic mass is 16.3. The molecular formula is C25H37N5O3. The second-order valence-corrected chi connectivity index (χ2v) is 9.11. The summed E-state index contributed by atoms with van der Waals surface area (Å²) in [5.41, 5.74) is 1.60. The van der Waals surface area contributed by atoms with Crippen LogP contribution in [0.1, 0.15) is 42.6 Å². The van der Waals surface area contributed by atoms with Gasteiger partial charge in [0.05, 0.1) is 12.6 Å². The van der Waals surface area contributed by atoms with Gasteiger partial charge in [-0.3, -0.25) is 14.6 Å². The summed E-state index contributed by atoms with van der Waals surface area (Å²) in [6.45, 7) is 10.2. The molecule has 1 N–H and O–H groups in total. The van der Waals surface area contributed by atoms with Crippen LogP contribution in [-0.4, -0.2) is 95.7 Å². The number of carbonyl (C=O) groups excluding carboxylic acids is 1. The predicted octanol–water partition coefficient (Wildman–Crippen LogP) is 2.31. The highest BCUT2D eigenvalue weighted by Gasteiger charge is 2.26. The number of aromatic nitrogens is 1. The molecule has 2 aliphatic rings. The minimum atomic E-state index is -0.230. The Balaban J connectivity index is 1.21. The number of oxazole rings is 1. The standard InChI is InChI=1S/C25H37N5O3/c1-2-3-9-22(31)18-27-10-12-28(13-11-27)19-24-26-23(20-33-24)25(32)30-16-14-29(15-17-30)21-7-5-4-6-8-21/h4-8,20,22,31H,2-3,9-19H2,1H3/t22-/m1/s1. The van der Waals surface area contributed by atoms with E-state index in [0.29, 0.717) is 31.2 Å². The van der Waals surface area contributed by atoms with Crippen LogP contribution >= 0.6 is 0 Å². The summed E-state index contributed by atoms with van der Waals surface area (Å²) in [4.78, 5) is 26.2. The molecule has 1 aromatic carbocycles. The van der Waals surface area contributed by atoms with Gasteiger partial charge < -0.3 is 19.3 Å². The third-order valence-corrected chi connectivity index (χ3v) is 6.64. The molecule has 1 aromatic heterocycles. The third-order valence-electron chi connectivity index (χ3n) is 6.64. The normalized spacial score (nSPS) is 19.1. The van der Waals surface area contributed by atoms with Crippen LogP contribution in [0, 0.1) is 0 Å². The summed E-state index contributed by atoms with van der Waals surface area (Å²) in [7, 11) is 0. The molecule has 0 saturated carbocycles. The number of hydrogen-bond donors (Lipinski definition) is 1. The first-order valence-corrected chi connectivity index (χ1v) is 12.3. The smallest absolute Gasteiger partial charge is 0.275 e. The van der Waals surface area contributed by atoms with Crippen molar-refractivity contribution in [3.63, 3.8) is 0 Å². The Kier molecular flexibility index (Phi) is 8.36. The van der Waals surface area contributed by atoms with Gasteiger partial charge in [0.25, 0.3) is 5.91 Å². The number of rotatable bonds is 9. The van der Waals surface area contributed by atoms with Crippen LogP contribution in [0.15, 0.2) is 41.0 Å². The van der Waals surface area contributed by atoms with Gasteiger partial charge in [0.1, 0.15) is 6.26 Å². The minimum absolute atomic E-state index is 0.0522. The lowest BCUT2D eigenvalue weighted by Crippen LogP contribution is -2.49. The monoisotopic (exact) mass is 455 g/mol. The van der Waals surface area contributed by atoms with Gasteiger partial charge in [0.15, 0.2) is 5.69 Å². The number of hydrogen-bond acceptors (Lipinski definition) is 7. The van der Waals surface area contributed by atoms with Crippen LogP contribution < -0.4 is 4.90 Å². The van der Waals surface area contributed by atoms with E-state index in [9.17, 15) is 9.90 Å². The lowest BCUT2D eigenvalue weighted by Gasteiger charge is -2.35. The number of aliphatic hydroxyl groups excluding tert-OH is 1. The average Bonchev–Trinajstić information content (AvgIpc) is 3.32. The van der Waals surface area contributed by atoms with Gasteiger partial charge in [-0.05, 0) is 18.6 Å². The van der Waals surface area contributed by atoms with E-state index in [0.717, 1.165) is 65.1 Å². The molecule has 2 fully saturated rings. The fraction of sp³-hybridized carbons (Fsp3) is 0.600. The van der Waals surface area contributed by atoms with E-state index in [1.54, 1.807) is 0 Å². The second kappa shape index (κ2) is 11.6. The molecule has 0 radical (unpaired) electrons. The molecule has 8 nitrogen and oxygen atoms in total. The van der Waals surface area contributed by atoms with E-state index in [-0.39, 0.29) is 12.0 Å². The van der Waals surface area contributed by atoms with E-state index >= 15 is 0 Å². The van der Waals surface area contributed by atoms with E-state index < -0.39 is 0 Å². The third kappa shape index (κ3) is 6.56. The zero-order valence-electron chi connectivity index (χ0n) is 19.7. The van der Waals surface area contributed by atoms with Gasteiger partial charge >= 0.3 is 0 Å². The Morgan fingerprint density at radius 1 is 1.03 bits per heavy atom.